The lowest BCUT2D eigenvalue weighted by molar-refractivity contribution is -0.158. The highest BCUT2D eigenvalue weighted by atomic mass is 16.5. The largest absolute Gasteiger partial charge is 0.480 e. The number of carbonyl (C=O) groups excluding carboxylic acids is 1. The number of hydrogen-bond acceptors (Lipinski definition) is 4. The van der Waals surface area contributed by atoms with Gasteiger partial charge in [0.2, 0.25) is 5.91 Å². The Hall–Kier alpha value is -1.92. The molecular formula is C15H19NO5. The van der Waals surface area contributed by atoms with Gasteiger partial charge in [-0.2, -0.15) is 0 Å². The summed E-state index contributed by atoms with van der Waals surface area (Å²) in [5.41, 5.74) is 1.04. The van der Waals surface area contributed by atoms with Crippen molar-refractivity contribution in [3.05, 3.63) is 35.9 Å². The fourth-order valence-corrected chi connectivity index (χ4v) is 2.17. The molecule has 0 saturated carbocycles. The van der Waals surface area contributed by atoms with Gasteiger partial charge >= 0.3 is 5.97 Å². The highest BCUT2D eigenvalue weighted by Gasteiger charge is 2.32. The van der Waals surface area contributed by atoms with E-state index in [4.69, 9.17) is 14.6 Å². The molecule has 0 bridgehead atoms. The SMILES string of the molecule is O=C(O)[C@@H]1COCCN1C(=O)CCOCc1ccccc1. The van der Waals surface area contributed by atoms with Crippen LogP contribution in [0.1, 0.15) is 12.0 Å². The van der Waals surface area contributed by atoms with E-state index in [0.29, 0.717) is 19.8 Å². The molecule has 1 N–H and O–H groups in total. The van der Waals surface area contributed by atoms with Crippen molar-refractivity contribution in [2.75, 3.05) is 26.4 Å². The summed E-state index contributed by atoms with van der Waals surface area (Å²) in [5, 5.41) is 9.07. The van der Waals surface area contributed by atoms with Gasteiger partial charge in [-0.3, -0.25) is 4.79 Å². The number of hydrogen-bond donors (Lipinski definition) is 1. The lowest BCUT2D eigenvalue weighted by Gasteiger charge is -2.32. The molecule has 6 nitrogen and oxygen atoms in total. The van der Waals surface area contributed by atoms with E-state index in [2.05, 4.69) is 0 Å². The maximum atomic E-state index is 12.1. The van der Waals surface area contributed by atoms with Gasteiger partial charge in [-0.15, -0.1) is 0 Å². The van der Waals surface area contributed by atoms with Gasteiger partial charge in [-0.25, -0.2) is 4.79 Å². The van der Waals surface area contributed by atoms with E-state index < -0.39 is 12.0 Å². The molecular weight excluding hydrogens is 274 g/mol. The van der Waals surface area contributed by atoms with Crippen molar-refractivity contribution in [3.63, 3.8) is 0 Å². The van der Waals surface area contributed by atoms with E-state index in [-0.39, 0.29) is 25.5 Å². The number of morpholine rings is 1. The van der Waals surface area contributed by atoms with Crippen LogP contribution in [0.5, 0.6) is 0 Å². The molecule has 1 aliphatic heterocycles. The van der Waals surface area contributed by atoms with Crippen LogP contribution in [0.2, 0.25) is 0 Å². The van der Waals surface area contributed by atoms with Gasteiger partial charge in [-0.1, -0.05) is 30.3 Å². The average molecular weight is 293 g/mol. The van der Waals surface area contributed by atoms with Crippen molar-refractivity contribution in [1.29, 1.82) is 0 Å². The van der Waals surface area contributed by atoms with E-state index in [0.717, 1.165) is 5.56 Å². The van der Waals surface area contributed by atoms with Gasteiger partial charge in [0.15, 0.2) is 6.04 Å². The van der Waals surface area contributed by atoms with Crippen molar-refractivity contribution < 1.29 is 24.2 Å². The predicted octanol–water partition coefficient (Wildman–Crippen LogP) is 0.905. The number of ether oxygens (including phenoxy) is 2. The molecule has 21 heavy (non-hydrogen) atoms. The van der Waals surface area contributed by atoms with Crippen LogP contribution < -0.4 is 0 Å². The Morgan fingerprint density at radius 1 is 1.33 bits per heavy atom. The van der Waals surface area contributed by atoms with Crippen LogP contribution in [0, 0.1) is 0 Å². The molecule has 1 atom stereocenters. The quantitative estimate of drug-likeness (QED) is 0.789. The minimum absolute atomic E-state index is 0.0476. The summed E-state index contributed by atoms with van der Waals surface area (Å²) in [6.07, 6.45) is 0.177. The Bertz CT molecular complexity index is 476. The highest BCUT2D eigenvalue weighted by Crippen LogP contribution is 2.09. The van der Waals surface area contributed by atoms with Crippen molar-refractivity contribution >= 4 is 11.9 Å². The molecule has 6 heteroatoms. The molecule has 0 spiro atoms. The van der Waals surface area contributed by atoms with Crippen LogP contribution >= 0.6 is 0 Å². The Balaban J connectivity index is 1.74. The molecule has 1 fully saturated rings. The second-order valence-corrected chi connectivity index (χ2v) is 4.80. The molecule has 1 amide bonds. The summed E-state index contributed by atoms with van der Waals surface area (Å²) >= 11 is 0. The fraction of sp³-hybridized carbons (Fsp3) is 0.467. The standard InChI is InChI=1S/C15H19NO5/c17-14(16-7-9-21-11-13(16)15(18)19)6-8-20-10-12-4-2-1-3-5-12/h1-5,13H,6-11H2,(H,18,19)/t13-/m0/s1. The molecule has 1 aromatic carbocycles. The number of carboxylic acid groups (broad SMARTS) is 1. The third-order valence-corrected chi connectivity index (χ3v) is 3.31. The zero-order chi connectivity index (χ0) is 15.1. The van der Waals surface area contributed by atoms with E-state index in [1.54, 1.807) is 0 Å². The topological polar surface area (TPSA) is 76.1 Å². The predicted molar refractivity (Wildman–Crippen MR) is 74.7 cm³/mol. The maximum absolute atomic E-state index is 12.1. The van der Waals surface area contributed by atoms with E-state index in [1.807, 2.05) is 30.3 Å². The van der Waals surface area contributed by atoms with Gasteiger partial charge in [0.1, 0.15) is 0 Å². The van der Waals surface area contributed by atoms with Crippen LogP contribution in [0.4, 0.5) is 0 Å². The first-order chi connectivity index (χ1) is 10.2. The van der Waals surface area contributed by atoms with Crippen LogP contribution in [0.3, 0.4) is 0 Å². The Morgan fingerprint density at radius 3 is 2.81 bits per heavy atom. The number of carbonyl (C=O) groups is 2. The van der Waals surface area contributed by atoms with Crippen LogP contribution in [-0.4, -0.2) is 54.3 Å². The second-order valence-electron chi connectivity index (χ2n) is 4.80. The number of rotatable bonds is 6. The normalized spacial score (nSPS) is 18.5. The summed E-state index contributed by atoms with van der Waals surface area (Å²) < 4.78 is 10.6. The zero-order valence-corrected chi connectivity index (χ0v) is 11.7. The minimum Gasteiger partial charge on any atom is -0.480 e. The van der Waals surface area contributed by atoms with Crippen molar-refractivity contribution in [3.8, 4) is 0 Å². The van der Waals surface area contributed by atoms with Gasteiger partial charge in [0.25, 0.3) is 0 Å². The Labute approximate surface area is 123 Å². The smallest absolute Gasteiger partial charge is 0.328 e. The first-order valence-corrected chi connectivity index (χ1v) is 6.90. The third kappa shape index (κ3) is 4.54. The zero-order valence-electron chi connectivity index (χ0n) is 11.7. The molecule has 0 radical (unpaired) electrons. The second kappa shape index (κ2) is 7.75. The lowest BCUT2D eigenvalue weighted by atomic mass is 10.2. The minimum atomic E-state index is -1.03. The van der Waals surface area contributed by atoms with E-state index >= 15 is 0 Å². The average Bonchev–Trinajstić information content (AvgIpc) is 2.52. The summed E-state index contributed by atoms with van der Waals surface area (Å²) in [5.74, 6) is -1.24. The molecule has 1 saturated heterocycles. The molecule has 114 valence electrons. The number of benzene rings is 1. The summed E-state index contributed by atoms with van der Waals surface area (Å²) in [7, 11) is 0. The Morgan fingerprint density at radius 2 is 2.10 bits per heavy atom. The van der Waals surface area contributed by atoms with Crippen molar-refractivity contribution in [2.45, 2.75) is 19.1 Å². The van der Waals surface area contributed by atoms with Crippen molar-refractivity contribution in [1.82, 2.24) is 4.90 Å². The molecule has 0 aliphatic carbocycles. The van der Waals surface area contributed by atoms with Gasteiger partial charge in [0, 0.05) is 6.54 Å². The van der Waals surface area contributed by atoms with E-state index in [1.165, 1.54) is 4.90 Å². The molecule has 0 aromatic heterocycles. The third-order valence-electron chi connectivity index (χ3n) is 3.31. The molecule has 0 unspecified atom stereocenters. The summed E-state index contributed by atoms with van der Waals surface area (Å²) in [6, 6.07) is 8.79. The highest BCUT2D eigenvalue weighted by molar-refractivity contribution is 5.84. The molecule has 1 aromatic rings. The summed E-state index contributed by atoms with van der Waals surface area (Å²) in [6.45, 7) is 1.46. The van der Waals surface area contributed by atoms with Gasteiger partial charge < -0.3 is 19.5 Å². The number of nitrogens with zero attached hydrogens (tertiary/aromatic N) is 1. The maximum Gasteiger partial charge on any atom is 0.328 e. The Kier molecular flexibility index (Phi) is 5.71. The first kappa shape index (κ1) is 15.5. The van der Waals surface area contributed by atoms with E-state index in [9.17, 15) is 9.59 Å². The summed E-state index contributed by atoms with van der Waals surface area (Å²) in [4.78, 5) is 24.5. The molecule has 1 heterocycles. The number of amides is 1. The number of aliphatic carboxylic acids is 1. The number of carboxylic acids is 1. The lowest BCUT2D eigenvalue weighted by Crippen LogP contribution is -2.52. The van der Waals surface area contributed by atoms with Crippen molar-refractivity contribution in [2.24, 2.45) is 0 Å². The molecule has 1 aliphatic rings. The fourth-order valence-electron chi connectivity index (χ4n) is 2.17. The van der Waals surface area contributed by atoms with Crippen LogP contribution in [-0.2, 0) is 25.7 Å². The first-order valence-electron chi connectivity index (χ1n) is 6.90. The van der Waals surface area contributed by atoms with Crippen LogP contribution in [0.25, 0.3) is 0 Å². The van der Waals surface area contributed by atoms with Gasteiger partial charge in [-0.05, 0) is 5.56 Å². The molecule has 2 rings (SSSR count). The monoisotopic (exact) mass is 293 g/mol. The van der Waals surface area contributed by atoms with Crippen LogP contribution in [0.15, 0.2) is 30.3 Å². The van der Waals surface area contributed by atoms with Gasteiger partial charge in [0.05, 0.1) is 32.8 Å².